The van der Waals surface area contributed by atoms with Crippen molar-refractivity contribution in [3.05, 3.63) is 63.1 Å². The van der Waals surface area contributed by atoms with Crippen molar-refractivity contribution in [2.24, 2.45) is 14.1 Å². The summed E-state index contributed by atoms with van der Waals surface area (Å²) in [6.45, 7) is 3.22. The molecular formula is C22H28N6O3. The SMILES string of the molecule is Cn1c(=O)c2c(ncn2CCCC(=O)N[C@@H]2CCN(Cc3ccccc3)C2)n(C)c1=O. The lowest BCUT2D eigenvalue weighted by molar-refractivity contribution is -0.121. The van der Waals surface area contributed by atoms with Gasteiger partial charge in [-0.2, -0.15) is 0 Å². The van der Waals surface area contributed by atoms with Crippen LogP contribution in [0, 0.1) is 0 Å². The van der Waals surface area contributed by atoms with Crippen LogP contribution >= 0.6 is 0 Å². The largest absolute Gasteiger partial charge is 0.352 e. The van der Waals surface area contributed by atoms with Crippen molar-refractivity contribution in [3.63, 3.8) is 0 Å². The molecule has 2 aromatic heterocycles. The number of fused-ring (bicyclic) bond motifs is 1. The monoisotopic (exact) mass is 424 g/mol. The summed E-state index contributed by atoms with van der Waals surface area (Å²) in [4.78, 5) is 43.5. The molecule has 164 valence electrons. The van der Waals surface area contributed by atoms with Gasteiger partial charge in [-0.1, -0.05) is 30.3 Å². The number of rotatable bonds is 7. The molecule has 0 unspecified atom stereocenters. The van der Waals surface area contributed by atoms with Gasteiger partial charge in [0.05, 0.1) is 6.33 Å². The van der Waals surface area contributed by atoms with Gasteiger partial charge in [-0.25, -0.2) is 9.78 Å². The summed E-state index contributed by atoms with van der Waals surface area (Å²) in [6, 6.07) is 10.5. The fourth-order valence-corrected chi connectivity index (χ4v) is 4.21. The van der Waals surface area contributed by atoms with Gasteiger partial charge in [-0.3, -0.25) is 23.6 Å². The predicted molar refractivity (Wildman–Crippen MR) is 118 cm³/mol. The van der Waals surface area contributed by atoms with E-state index >= 15 is 0 Å². The summed E-state index contributed by atoms with van der Waals surface area (Å²) in [5.74, 6) is 0.0243. The number of nitrogens with zero attached hydrogens (tertiary/aromatic N) is 5. The zero-order valence-electron chi connectivity index (χ0n) is 18.0. The normalized spacial score (nSPS) is 16.8. The van der Waals surface area contributed by atoms with Crippen LogP contribution in [0.5, 0.6) is 0 Å². The molecule has 1 amide bonds. The zero-order chi connectivity index (χ0) is 22.0. The number of amides is 1. The fraction of sp³-hybridized carbons (Fsp3) is 0.455. The van der Waals surface area contributed by atoms with Crippen LogP contribution in [0.4, 0.5) is 0 Å². The number of nitrogens with one attached hydrogen (secondary N) is 1. The van der Waals surface area contributed by atoms with Crippen molar-refractivity contribution in [3.8, 4) is 0 Å². The number of likely N-dealkylation sites (tertiary alicyclic amines) is 1. The number of aromatic nitrogens is 4. The number of carbonyl (C=O) groups is 1. The van der Waals surface area contributed by atoms with Gasteiger partial charge in [0.25, 0.3) is 5.56 Å². The Morgan fingerprint density at radius 1 is 1.16 bits per heavy atom. The lowest BCUT2D eigenvalue weighted by Gasteiger charge is -2.17. The average molecular weight is 425 g/mol. The summed E-state index contributed by atoms with van der Waals surface area (Å²) >= 11 is 0. The minimum absolute atomic E-state index is 0.0243. The first-order valence-corrected chi connectivity index (χ1v) is 10.6. The molecule has 3 heterocycles. The molecule has 1 fully saturated rings. The van der Waals surface area contributed by atoms with Crippen LogP contribution in [0.3, 0.4) is 0 Å². The highest BCUT2D eigenvalue weighted by Gasteiger charge is 2.23. The first kappa shape index (κ1) is 21.0. The molecule has 3 aromatic rings. The minimum Gasteiger partial charge on any atom is -0.352 e. The van der Waals surface area contributed by atoms with Gasteiger partial charge < -0.3 is 9.88 Å². The van der Waals surface area contributed by atoms with E-state index in [9.17, 15) is 14.4 Å². The Morgan fingerprint density at radius 3 is 2.71 bits per heavy atom. The Kier molecular flexibility index (Phi) is 6.03. The molecule has 1 aliphatic heterocycles. The molecule has 1 atom stereocenters. The van der Waals surface area contributed by atoms with Crippen LogP contribution < -0.4 is 16.6 Å². The maximum Gasteiger partial charge on any atom is 0.332 e. The summed E-state index contributed by atoms with van der Waals surface area (Å²) in [5, 5.41) is 3.13. The molecule has 0 bridgehead atoms. The van der Waals surface area contributed by atoms with Crippen LogP contribution in [0.1, 0.15) is 24.8 Å². The molecule has 9 nitrogen and oxygen atoms in total. The highest BCUT2D eigenvalue weighted by Crippen LogP contribution is 2.14. The lowest BCUT2D eigenvalue weighted by Crippen LogP contribution is -2.37. The molecular weight excluding hydrogens is 396 g/mol. The molecule has 9 heteroatoms. The van der Waals surface area contributed by atoms with E-state index in [1.54, 1.807) is 17.9 Å². The number of hydrogen-bond acceptors (Lipinski definition) is 5. The van der Waals surface area contributed by atoms with Crippen molar-refractivity contribution in [1.29, 1.82) is 0 Å². The fourth-order valence-electron chi connectivity index (χ4n) is 4.21. The van der Waals surface area contributed by atoms with E-state index in [2.05, 4.69) is 27.3 Å². The number of benzene rings is 1. The lowest BCUT2D eigenvalue weighted by atomic mass is 10.2. The number of imidazole rings is 1. The van der Waals surface area contributed by atoms with Gasteiger partial charge >= 0.3 is 5.69 Å². The molecule has 1 aliphatic rings. The van der Waals surface area contributed by atoms with Gasteiger partial charge in [0.15, 0.2) is 11.2 Å². The average Bonchev–Trinajstić information content (AvgIpc) is 3.38. The van der Waals surface area contributed by atoms with E-state index in [1.807, 2.05) is 18.2 Å². The van der Waals surface area contributed by atoms with Crippen molar-refractivity contribution >= 4 is 17.1 Å². The standard InChI is InChI=1S/C22H28N6O3/c1-25-20-19(21(30)26(2)22(25)31)28(15-23-20)11-6-9-18(29)24-17-10-12-27(14-17)13-16-7-4-3-5-8-16/h3-5,7-8,15,17H,6,9-14H2,1-2H3,(H,24,29)/t17-/m1/s1. The molecule has 1 N–H and O–H groups in total. The highest BCUT2D eigenvalue weighted by molar-refractivity contribution is 5.76. The minimum atomic E-state index is -0.403. The number of carbonyl (C=O) groups excluding carboxylic acids is 1. The van der Waals surface area contributed by atoms with Crippen molar-refractivity contribution in [2.45, 2.75) is 38.4 Å². The van der Waals surface area contributed by atoms with Gasteiger partial charge in [-0.05, 0) is 18.4 Å². The molecule has 4 rings (SSSR count). The first-order valence-electron chi connectivity index (χ1n) is 10.6. The maximum absolute atomic E-state index is 12.5. The van der Waals surface area contributed by atoms with Gasteiger partial charge in [-0.15, -0.1) is 0 Å². The van der Waals surface area contributed by atoms with Crippen molar-refractivity contribution in [1.82, 2.24) is 28.9 Å². The van der Waals surface area contributed by atoms with Crippen molar-refractivity contribution < 1.29 is 4.79 Å². The first-order chi connectivity index (χ1) is 14.9. The Bertz CT molecular complexity index is 1190. The van der Waals surface area contributed by atoms with Gasteiger partial charge in [0.1, 0.15) is 0 Å². The van der Waals surface area contributed by atoms with E-state index in [1.165, 1.54) is 17.2 Å². The van der Waals surface area contributed by atoms with Crippen LogP contribution in [0.2, 0.25) is 0 Å². The molecule has 1 saturated heterocycles. The number of aryl methyl sites for hydroxylation is 2. The topological polar surface area (TPSA) is 94.2 Å². The van der Waals surface area contributed by atoms with E-state index < -0.39 is 5.69 Å². The molecule has 31 heavy (non-hydrogen) atoms. The van der Waals surface area contributed by atoms with Crippen LogP contribution in [-0.2, 0) is 32.0 Å². The second-order valence-corrected chi connectivity index (χ2v) is 8.19. The van der Waals surface area contributed by atoms with Gasteiger partial charge in [0, 0.05) is 52.7 Å². The zero-order valence-corrected chi connectivity index (χ0v) is 18.0. The summed E-state index contributed by atoms with van der Waals surface area (Å²) in [6.07, 6.45) is 3.47. The molecule has 1 aromatic carbocycles. The Balaban J connectivity index is 1.28. The third-order valence-corrected chi connectivity index (χ3v) is 5.91. The predicted octanol–water partition coefficient (Wildman–Crippen LogP) is 0.605. The Morgan fingerprint density at radius 2 is 1.94 bits per heavy atom. The van der Waals surface area contributed by atoms with Crippen molar-refractivity contribution in [2.75, 3.05) is 13.1 Å². The summed E-state index contributed by atoms with van der Waals surface area (Å²) in [7, 11) is 3.05. The van der Waals surface area contributed by atoms with E-state index in [-0.39, 0.29) is 17.5 Å². The quantitative estimate of drug-likeness (QED) is 0.600. The van der Waals surface area contributed by atoms with Crippen LogP contribution in [0.15, 0.2) is 46.2 Å². The molecule has 0 aliphatic carbocycles. The number of hydrogen-bond donors (Lipinski definition) is 1. The third kappa shape index (κ3) is 4.46. The van der Waals surface area contributed by atoms with E-state index in [0.29, 0.717) is 30.6 Å². The summed E-state index contributed by atoms with van der Waals surface area (Å²) in [5.41, 5.74) is 1.26. The Hall–Kier alpha value is -3.20. The summed E-state index contributed by atoms with van der Waals surface area (Å²) < 4.78 is 4.16. The Labute approximate surface area is 179 Å². The third-order valence-electron chi connectivity index (χ3n) is 5.91. The van der Waals surface area contributed by atoms with Crippen LogP contribution in [-0.4, -0.2) is 48.6 Å². The second kappa shape index (κ2) is 8.89. The molecule has 0 saturated carbocycles. The molecule has 0 radical (unpaired) electrons. The van der Waals surface area contributed by atoms with E-state index in [0.717, 1.165) is 30.6 Å². The van der Waals surface area contributed by atoms with Gasteiger partial charge in [0.2, 0.25) is 5.91 Å². The van der Waals surface area contributed by atoms with Crippen LogP contribution in [0.25, 0.3) is 11.2 Å². The second-order valence-electron chi connectivity index (χ2n) is 8.19. The maximum atomic E-state index is 12.5. The smallest absolute Gasteiger partial charge is 0.332 e. The van der Waals surface area contributed by atoms with E-state index in [4.69, 9.17) is 0 Å². The molecule has 0 spiro atoms. The highest BCUT2D eigenvalue weighted by atomic mass is 16.2.